The van der Waals surface area contributed by atoms with Crippen molar-refractivity contribution in [2.45, 2.75) is 17.2 Å². The third-order valence-corrected chi connectivity index (χ3v) is 5.37. The van der Waals surface area contributed by atoms with Gasteiger partial charge in [-0.3, -0.25) is 0 Å². The van der Waals surface area contributed by atoms with Crippen LogP contribution < -0.4 is 10.5 Å². The summed E-state index contributed by atoms with van der Waals surface area (Å²) in [7, 11) is -2.01. The average molecular weight is 445 g/mol. The first-order chi connectivity index (χ1) is 13.4. The lowest BCUT2D eigenvalue weighted by molar-refractivity contribution is -0.192. The van der Waals surface area contributed by atoms with Crippen molar-refractivity contribution in [2.75, 3.05) is 33.4 Å². The number of aliphatic carboxylic acids is 1. The second-order valence-electron chi connectivity index (χ2n) is 5.57. The van der Waals surface area contributed by atoms with Crippen molar-refractivity contribution in [3.8, 4) is 5.88 Å². The molecule has 3 N–H and O–H groups in total. The largest absolute Gasteiger partial charge is 0.490 e. The minimum absolute atomic E-state index is 0.0340. The number of carbonyl (C=O) groups is 1. The summed E-state index contributed by atoms with van der Waals surface area (Å²) >= 11 is 0. The molecule has 0 bridgehead atoms. The van der Waals surface area contributed by atoms with Crippen LogP contribution in [0, 0.1) is 0 Å². The maximum Gasteiger partial charge on any atom is 0.490 e. The molecule has 164 valence electrons. The first-order valence-corrected chi connectivity index (χ1v) is 9.29. The first kappa shape index (κ1) is 24.7. The van der Waals surface area contributed by atoms with E-state index in [9.17, 15) is 26.0 Å². The van der Waals surface area contributed by atoms with Gasteiger partial charge in [0.1, 0.15) is 11.5 Å². The van der Waals surface area contributed by atoms with Crippen molar-refractivity contribution in [3.05, 3.63) is 30.2 Å². The molecule has 1 aliphatic heterocycles. The Morgan fingerprint density at radius 2 is 2.00 bits per heavy atom. The van der Waals surface area contributed by atoms with Crippen molar-refractivity contribution in [3.63, 3.8) is 0 Å². The number of hydrogen-bond acceptors (Lipinski definition) is 7. The monoisotopic (exact) mass is 445 g/mol. The molecule has 29 heavy (non-hydrogen) atoms. The number of ether oxygens (including phenoxy) is 2. The molecule has 0 atom stereocenters. The highest BCUT2D eigenvalue weighted by Gasteiger charge is 2.38. The number of methoxy groups -OCH3 is 1. The SMILES string of the molecule is COC1CN(S(=O)(=O)c2ccc(OC/C(=C/F)CN)nc2)C1.O=C(O)C(F)(F)F. The number of aromatic nitrogens is 1. The molecule has 1 aliphatic rings. The highest BCUT2D eigenvalue weighted by molar-refractivity contribution is 7.89. The first-order valence-electron chi connectivity index (χ1n) is 7.85. The number of nitrogens with zero attached hydrogens (tertiary/aromatic N) is 2. The van der Waals surface area contributed by atoms with E-state index in [2.05, 4.69) is 4.98 Å². The highest BCUT2D eigenvalue weighted by atomic mass is 32.2. The topological polar surface area (TPSA) is 132 Å². The van der Waals surface area contributed by atoms with Crippen molar-refractivity contribution in [1.82, 2.24) is 9.29 Å². The van der Waals surface area contributed by atoms with Gasteiger partial charge < -0.3 is 20.3 Å². The van der Waals surface area contributed by atoms with E-state index >= 15 is 0 Å². The second kappa shape index (κ2) is 10.5. The molecule has 0 amide bonds. The van der Waals surface area contributed by atoms with Crippen molar-refractivity contribution in [1.29, 1.82) is 0 Å². The highest BCUT2D eigenvalue weighted by Crippen LogP contribution is 2.23. The van der Waals surface area contributed by atoms with E-state index in [1.165, 1.54) is 22.6 Å². The van der Waals surface area contributed by atoms with Crippen LogP contribution in [0.4, 0.5) is 17.6 Å². The van der Waals surface area contributed by atoms with Crippen LogP contribution in [-0.2, 0) is 19.6 Å². The number of sulfonamides is 1. The Hall–Kier alpha value is -2.29. The second-order valence-corrected chi connectivity index (χ2v) is 7.51. The van der Waals surface area contributed by atoms with Gasteiger partial charge in [-0.15, -0.1) is 0 Å². The standard InChI is InChI=1S/C13H18FN3O4S.C2HF3O2/c1-20-11-7-17(8-11)22(18,19)12-2-3-13(16-6-12)21-9-10(4-14)5-15;3-2(4,5)1(6)7/h2-4,6,11H,5,7-9,15H2,1H3;(H,6,7)/b10-4+;. The third-order valence-electron chi connectivity index (χ3n) is 3.56. The van der Waals surface area contributed by atoms with Gasteiger partial charge in [-0.2, -0.15) is 17.5 Å². The van der Waals surface area contributed by atoms with Crippen LogP contribution in [0.5, 0.6) is 5.88 Å². The van der Waals surface area contributed by atoms with Crippen LogP contribution in [0.3, 0.4) is 0 Å². The van der Waals surface area contributed by atoms with Gasteiger partial charge in [-0.25, -0.2) is 22.6 Å². The van der Waals surface area contributed by atoms with Crippen molar-refractivity contribution >= 4 is 16.0 Å². The zero-order valence-electron chi connectivity index (χ0n) is 15.1. The summed E-state index contributed by atoms with van der Waals surface area (Å²) in [5, 5.41) is 7.12. The van der Waals surface area contributed by atoms with E-state index in [-0.39, 0.29) is 35.6 Å². The predicted octanol–water partition coefficient (Wildman–Crippen LogP) is 0.925. The van der Waals surface area contributed by atoms with Crippen molar-refractivity contribution < 1.29 is 45.4 Å². The molecule has 0 aromatic carbocycles. The number of halogens is 4. The van der Waals surface area contributed by atoms with Gasteiger partial charge in [-0.05, 0) is 6.07 Å². The predicted molar refractivity (Wildman–Crippen MR) is 91.2 cm³/mol. The van der Waals surface area contributed by atoms with Gasteiger partial charge in [-0.1, -0.05) is 0 Å². The molecule has 2 rings (SSSR count). The number of alkyl halides is 3. The minimum Gasteiger partial charge on any atom is -0.475 e. The Kier molecular flexibility index (Phi) is 8.94. The summed E-state index contributed by atoms with van der Waals surface area (Å²) in [6, 6.07) is 2.83. The van der Waals surface area contributed by atoms with E-state index < -0.39 is 22.2 Å². The van der Waals surface area contributed by atoms with Crippen LogP contribution in [-0.4, -0.2) is 74.4 Å². The van der Waals surface area contributed by atoms with Gasteiger partial charge in [0, 0.05) is 38.4 Å². The number of nitrogens with two attached hydrogens (primary N) is 1. The zero-order valence-corrected chi connectivity index (χ0v) is 15.9. The lowest BCUT2D eigenvalue weighted by atomic mass is 10.2. The van der Waals surface area contributed by atoms with E-state index in [4.69, 9.17) is 25.1 Å². The molecule has 1 aromatic heterocycles. The molecule has 9 nitrogen and oxygen atoms in total. The van der Waals surface area contributed by atoms with E-state index in [0.29, 0.717) is 19.4 Å². The van der Waals surface area contributed by atoms with Crippen LogP contribution >= 0.6 is 0 Å². The molecule has 0 aliphatic carbocycles. The van der Waals surface area contributed by atoms with Crippen LogP contribution in [0.2, 0.25) is 0 Å². The molecule has 0 spiro atoms. The Balaban J connectivity index is 0.000000516. The van der Waals surface area contributed by atoms with E-state index in [1.54, 1.807) is 7.11 Å². The van der Waals surface area contributed by atoms with Crippen LogP contribution in [0.15, 0.2) is 35.1 Å². The number of carboxylic acids is 1. The van der Waals surface area contributed by atoms with Crippen molar-refractivity contribution in [2.24, 2.45) is 5.73 Å². The van der Waals surface area contributed by atoms with Crippen LogP contribution in [0.25, 0.3) is 0 Å². The van der Waals surface area contributed by atoms with E-state index in [1.807, 2.05) is 0 Å². The zero-order chi connectivity index (χ0) is 22.2. The number of pyridine rings is 1. The van der Waals surface area contributed by atoms with Gasteiger partial charge in [0.2, 0.25) is 15.9 Å². The van der Waals surface area contributed by atoms with Gasteiger partial charge in [0.15, 0.2) is 0 Å². The lowest BCUT2D eigenvalue weighted by Gasteiger charge is -2.36. The number of rotatable bonds is 7. The maximum atomic E-state index is 12.3. The lowest BCUT2D eigenvalue weighted by Crippen LogP contribution is -2.54. The molecule has 2 heterocycles. The summed E-state index contributed by atoms with van der Waals surface area (Å²) in [5.41, 5.74) is 5.58. The van der Waals surface area contributed by atoms with Gasteiger partial charge in [0.25, 0.3) is 0 Å². The smallest absolute Gasteiger partial charge is 0.475 e. The Morgan fingerprint density at radius 3 is 2.38 bits per heavy atom. The summed E-state index contributed by atoms with van der Waals surface area (Å²) in [4.78, 5) is 12.9. The summed E-state index contributed by atoms with van der Waals surface area (Å²) < 4.78 is 80.2. The molecule has 1 aromatic rings. The fraction of sp³-hybridized carbons (Fsp3) is 0.467. The minimum atomic E-state index is -5.08. The maximum absolute atomic E-state index is 12.3. The molecule has 0 radical (unpaired) electrons. The summed E-state index contributed by atoms with van der Waals surface area (Å²) in [6.45, 7) is 0.669. The molecule has 14 heteroatoms. The number of hydrogen-bond donors (Lipinski definition) is 2. The fourth-order valence-corrected chi connectivity index (χ4v) is 3.25. The summed E-state index contributed by atoms with van der Waals surface area (Å²) in [5.74, 6) is -2.56. The molecule has 0 saturated carbocycles. The van der Waals surface area contributed by atoms with E-state index in [0.717, 1.165) is 0 Å². The third kappa shape index (κ3) is 7.23. The quantitative estimate of drug-likeness (QED) is 0.593. The molecule has 1 fully saturated rings. The number of carboxylic acid groups (broad SMARTS) is 1. The fourth-order valence-electron chi connectivity index (χ4n) is 1.80. The van der Waals surface area contributed by atoms with Gasteiger partial charge in [0.05, 0.1) is 18.6 Å². The Bertz CT molecular complexity index is 808. The molecular weight excluding hydrogens is 426 g/mol. The molecular formula is C15H19F4N3O6S. The Labute approximate surface area is 163 Å². The summed E-state index contributed by atoms with van der Waals surface area (Å²) in [6.07, 6.45) is -3.55. The molecule has 1 saturated heterocycles. The van der Waals surface area contributed by atoms with Crippen LogP contribution in [0.1, 0.15) is 0 Å². The Morgan fingerprint density at radius 1 is 1.41 bits per heavy atom. The normalized spacial score (nSPS) is 15.9. The average Bonchev–Trinajstić information content (AvgIpc) is 2.61. The molecule has 0 unspecified atom stereocenters. The van der Waals surface area contributed by atoms with Gasteiger partial charge >= 0.3 is 12.1 Å².